The molecule has 1 rings (SSSR count). The van der Waals surface area contributed by atoms with Crippen LogP contribution in [0.5, 0.6) is 0 Å². The Morgan fingerprint density at radius 1 is 1.67 bits per heavy atom. The second kappa shape index (κ2) is 4.65. The summed E-state index contributed by atoms with van der Waals surface area (Å²) in [7, 11) is 0. The van der Waals surface area contributed by atoms with Gasteiger partial charge in [0.2, 0.25) is 0 Å². The summed E-state index contributed by atoms with van der Waals surface area (Å²) in [5.41, 5.74) is 6.80. The summed E-state index contributed by atoms with van der Waals surface area (Å²) in [6.45, 7) is 2.74. The van der Waals surface area contributed by atoms with Crippen molar-refractivity contribution in [2.45, 2.75) is 13.3 Å². The van der Waals surface area contributed by atoms with Gasteiger partial charge >= 0.3 is 0 Å². The van der Waals surface area contributed by atoms with Crippen LogP contribution in [-0.4, -0.2) is 6.54 Å². The maximum Gasteiger partial charge on any atom is 0.0934 e. The molecule has 0 radical (unpaired) electrons. The van der Waals surface area contributed by atoms with Crippen molar-refractivity contribution in [3.8, 4) is 0 Å². The largest absolute Gasteiger partial charge is 0.327 e. The fourth-order valence-electron chi connectivity index (χ4n) is 0.912. The first kappa shape index (κ1) is 9.78. The summed E-state index contributed by atoms with van der Waals surface area (Å²) in [6, 6.07) is 3.92. The number of nitrogens with two attached hydrogens (primary N) is 1. The molecular weight excluding hydrogens is 190 g/mol. The monoisotopic (exact) mass is 201 g/mol. The minimum absolute atomic E-state index is 0.631. The smallest absolute Gasteiger partial charge is 0.0934 e. The van der Waals surface area contributed by atoms with Crippen LogP contribution in [0.25, 0.3) is 6.08 Å². The SMILES string of the molecule is CC/C(=C/c1ccc(Cl)s1)CN. The quantitative estimate of drug-likeness (QED) is 0.799. The zero-order valence-corrected chi connectivity index (χ0v) is 8.58. The number of hydrogen-bond acceptors (Lipinski definition) is 2. The molecule has 0 saturated heterocycles. The number of halogens is 1. The molecule has 1 nitrogen and oxygen atoms in total. The fraction of sp³-hybridized carbons (Fsp3) is 0.333. The normalized spacial score (nSPS) is 12.1. The fourth-order valence-corrected chi connectivity index (χ4v) is 1.97. The first-order valence-electron chi connectivity index (χ1n) is 3.91. The van der Waals surface area contributed by atoms with Gasteiger partial charge in [-0.05, 0) is 24.6 Å². The van der Waals surface area contributed by atoms with Crippen LogP contribution in [0.3, 0.4) is 0 Å². The zero-order chi connectivity index (χ0) is 8.97. The van der Waals surface area contributed by atoms with E-state index in [-0.39, 0.29) is 0 Å². The van der Waals surface area contributed by atoms with Gasteiger partial charge < -0.3 is 5.73 Å². The van der Waals surface area contributed by atoms with E-state index < -0.39 is 0 Å². The first-order chi connectivity index (χ1) is 5.76. The third-order valence-corrected chi connectivity index (χ3v) is 2.83. The van der Waals surface area contributed by atoms with Gasteiger partial charge in [-0.1, -0.05) is 24.1 Å². The minimum atomic E-state index is 0.631. The molecule has 12 heavy (non-hydrogen) atoms. The van der Waals surface area contributed by atoms with Crippen LogP contribution >= 0.6 is 22.9 Å². The Balaban J connectivity index is 2.78. The highest BCUT2D eigenvalue weighted by Crippen LogP contribution is 2.23. The van der Waals surface area contributed by atoms with E-state index in [9.17, 15) is 0 Å². The molecule has 0 saturated carbocycles. The van der Waals surface area contributed by atoms with Gasteiger partial charge in [-0.3, -0.25) is 0 Å². The Bertz CT molecular complexity index is 272. The molecule has 2 N–H and O–H groups in total. The van der Waals surface area contributed by atoms with Gasteiger partial charge in [0.05, 0.1) is 4.34 Å². The van der Waals surface area contributed by atoms with Gasteiger partial charge in [0.1, 0.15) is 0 Å². The Morgan fingerprint density at radius 2 is 2.42 bits per heavy atom. The third kappa shape index (κ3) is 2.63. The zero-order valence-electron chi connectivity index (χ0n) is 7.01. The van der Waals surface area contributed by atoms with Crippen molar-refractivity contribution in [2.24, 2.45) is 5.73 Å². The summed E-state index contributed by atoms with van der Waals surface area (Å²) in [4.78, 5) is 1.18. The van der Waals surface area contributed by atoms with Gasteiger partial charge in [-0.2, -0.15) is 0 Å². The van der Waals surface area contributed by atoms with Crippen molar-refractivity contribution in [2.75, 3.05) is 6.54 Å². The van der Waals surface area contributed by atoms with E-state index in [4.69, 9.17) is 17.3 Å². The second-order valence-electron chi connectivity index (χ2n) is 2.50. The average molecular weight is 202 g/mol. The van der Waals surface area contributed by atoms with E-state index in [2.05, 4.69) is 13.0 Å². The Kier molecular flexibility index (Phi) is 3.79. The molecule has 0 atom stereocenters. The molecule has 0 aliphatic carbocycles. The molecule has 3 heteroatoms. The van der Waals surface area contributed by atoms with Crippen molar-refractivity contribution >= 4 is 29.0 Å². The van der Waals surface area contributed by atoms with Crippen LogP contribution in [0.1, 0.15) is 18.2 Å². The maximum atomic E-state index is 5.79. The molecule has 1 heterocycles. The van der Waals surface area contributed by atoms with Gasteiger partial charge in [-0.15, -0.1) is 11.3 Å². The topological polar surface area (TPSA) is 26.0 Å². The molecular formula is C9H12ClNS. The van der Waals surface area contributed by atoms with Gasteiger partial charge in [0, 0.05) is 11.4 Å². The molecule has 1 aromatic rings. The van der Waals surface area contributed by atoms with Crippen molar-refractivity contribution in [1.29, 1.82) is 0 Å². The van der Waals surface area contributed by atoms with E-state index in [0.717, 1.165) is 10.8 Å². The lowest BCUT2D eigenvalue weighted by Gasteiger charge is -1.96. The molecule has 0 spiro atoms. The predicted molar refractivity (Wildman–Crippen MR) is 56.7 cm³/mol. The molecule has 0 aliphatic rings. The summed E-state index contributed by atoms with van der Waals surface area (Å²) in [5.74, 6) is 0. The molecule has 0 aliphatic heterocycles. The van der Waals surface area contributed by atoms with Crippen LogP contribution in [0.15, 0.2) is 17.7 Å². The highest BCUT2D eigenvalue weighted by atomic mass is 35.5. The Morgan fingerprint density at radius 3 is 2.83 bits per heavy atom. The van der Waals surface area contributed by atoms with E-state index in [1.807, 2.05) is 12.1 Å². The average Bonchev–Trinajstić information content (AvgIpc) is 2.47. The van der Waals surface area contributed by atoms with Crippen LogP contribution < -0.4 is 5.73 Å². The van der Waals surface area contributed by atoms with Crippen molar-refractivity contribution in [3.63, 3.8) is 0 Å². The second-order valence-corrected chi connectivity index (χ2v) is 4.25. The molecule has 0 bridgehead atoms. The summed E-state index contributed by atoms with van der Waals surface area (Å²) < 4.78 is 0.828. The molecule has 0 amide bonds. The van der Waals surface area contributed by atoms with Crippen LogP contribution in [0.2, 0.25) is 4.34 Å². The van der Waals surface area contributed by atoms with E-state index >= 15 is 0 Å². The maximum absolute atomic E-state index is 5.79. The van der Waals surface area contributed by atoms with Crippen molar-refractivity contribution in [3.05, 3.63) is 26.9 Å². The number of thiophene rings is 1. The summed E-state index contributed by atoms with van der Waals surface area (Å²) >= 11 is 7.37. The number of rotatable bonds is 3. The molecule has 0 fully saturated rings. The van der Waals surface area contributed by atoms with E-state index in [1.54, 1.807) is 11.3 Å². The Hall–Kier alpha value is -0.310. The van der Waals surface area contributed by atoms with Gasteiger partial charge in [0.15, 0.2) is 0 Å². The lowest BCUT2D eigenvalue weighted by Crippen LogP contribution is -2.01. The lowest BCUT2D eigenvalue weighted by atomic mass is 10.2. The Labute approximate surface area is 81.9 Å². The van der Waals surface area contributed by atoms with E-state index in [0.29, 0.717) is 6.54 Å². The molecule has 0 unspecified atom stereocenters. The first-order valence-corrected chi connectivity index (χ1v) is 5.10. The summed E-state index contributed by atoms with van der Waals surface area (Å²) in [6.07, 6.45) is 3.11. The number of hydrogen-bond donors (Lipinski definition) is 1. The van der Waals surface area contributed by atoms with Crippen LogP contribution in [0.4, 0.5) is 0 Å². The highest BCUT2D eigenvalue weighted by molar-refractivity contribution is 7.17. The minimum Gasteiger partial charge on any atom is -0.327 e. The van der Waals surface area contributed by atoms with E-state index in [1.165, 1.54) is 10.5 Å². The van der Waals surface area contributed by atoms with Gasteiger partial charge in [0.25, 0.3) is 0 Å². The van der Waals surface area contributed by atoms with Crippen LogP contribution in [0, 0.1) is 0 Å². The molecule has 1 aromatic heterocycles. The standard InChI is InChI=1S/C9H12ClNS/c1-2-7(6-11)5-8-3-4-9(10)12-8/h3-5H,2,6,11H2,1H3/b7-5-. The molecule has 66 valence electrons. The van der Waals surface area contributed by atoms with Gasteiger partial charge in [-0.25, -0.2) is 0 Å². The van der Waals surface area contributed by atoms with Crippen molar-refractivity contribution in [1.82, 2.24) is 0 Å². The molecule has 0 aromatic carbocycles. The predicted octanol–water partition coefficient (Wildman–Crippen LogP) is 3.15. The highest BCUT2D eigenvalue weighted by Gasteiger charge is 1.95. The summed E-state index contributed by atoms with van der Waals surface area (Å²) in [5, 5.41) is 0. The third-order valence-electron chi connectivity index (χ3n) is 1.66. The van der Waals surface area contributed by atoms with Crippen molar-refractivity contribution < 1.29 is 0 Å². The van der Waals surface area contributed by atoms with Crippen LogP contribution in [-0.2, 0) is 0 Å². The lowest BCUT2D eigenvalue weighted by molar-refractivity contribution is 1.02.